The van der Waals surface area contributed by atoms with Crippen LogP contribution in [0.15, 0.2) is 18.2 Å². The molecular formula is C14H13F3N4O2. The van der Waals surface area contributed by atoms with Crippen molar-refractivity contribution in [3.8, 4) is 5.88 Å². The van der Waals surface area contributed by atoms with Gasteiger partial charge in [-0.05, 0) is 26.0 Å². The predicted molar refractivity (Wildman–Crippen MR) is 75.3 cm³/mol. The predicted octanol–water partition coefficient (Wildman–Crippen LogP) is 2.77. The number of carbonyl (C=O) groups is 1. The van der Waals surface area contributed by atoms with Gasteiger partial charge in [0.15, 0.2) is 0 Å². The number of anilines is 1. The fraction of sp³-hybridized carbons (Fsp3) is 0.286. The van der Waals surface area contributed by atoms with E-state index in [1.807, 2.05) is 0 Å². The molecule has 0 aliphatic carbocycles. The third-order valence-electron chi connectivity index (χ3n) is 2.89. The zero-order valence-corrected chi connectivity index (χ0v) is 12.5. The lowest BCUT2D eigenvalue weighted by Gasteiger charge is -2.10. The molecule has 0 spiro atoms. The Morgan fingerprint density at radius 2 is 1.87 bits per heavy atom. The number of methoxy groups -OCH3 is 1. The number of alkyl halides is 3. The average Bonchev–Trinajstić information content (AvgIpc) is 2.45. The van der Waals surface area contributed by atoms with Gasteiger partial charge in [0.25, 0.3) is 5.91 Å². The Hall–Kier alpha value is -2.71. The minimum Gasteiger partial charge on any atom is -0.481 e. The van der Waals surface area contributed by atoms with Crippen molar-refractivity contribution in [2.75, 3.05) is 12.4 Å². The van der Waals surface area contributed by atoms with E-state index >= 15 is 0 Å². The van der Waals surface area contributed by atoms with Crippen LogP contribution >= 0.6 is 0 Å². The van der Waals surface area contributed by atoms with E-state index in [2.05, 4.69) is 20.3 Å². The Labute approximate surface area is 129 Å². The van der Waals surface area contributed by atoms with Gasteiger partial charge in [0, 0.05) is 11.8 Å². The molecule has 0 saturated carbocycles. The average molecular weight is 326 g/mol. The van der Waals surface area contributed by atoms with Crippen LogP contribution in [0.3, 0.4) is 0 Å². The summed E-state index contributed by atoms with van der Waals surface area (Å²) in [6.45, 7) is 3.01. The smallest absolute Gasteiger partial charge is 0.433 e. The number of rotatable bonds is 3. The molecule has 0 saturated heterocycles. The molecule has 0 aromatic carbocycles. The monoisotopic (exact) mass is 326 g/mol. The maximum atomic E-state index is 12.6. The molecule has 122 valence electrons. The molecule has 0 radical (unpaired) electrons. The number of pyridine rings is 1. The number of carbonyl (C=O) groups excluding carboxylic acids is 1. The zero-order valence-electron chi connectivity index (χ0n) is 12.5. The fourth-order valence-corrected chi connectivity index (χ4v) is 1.83. The van der Waals surface area contributed by atoms with Gasteiger partial charge in [0.1, 0.15) is 5.69 Å². The lowest BCUT2D eigenvalue weighted by Crippen LogP contribution is -2.18. The normalized spacial score (nSPS) is 11.2. The van der Waals surface area contributed by atoms with E-state index < -0.39 is 17.8 Å². The molecule has 1 amide bonds. The minimum absolute atomic E-state index is 0.00192. The molecule has 2 heterocycles. The van der Waals surface area contributed by atoms with Gasteiger partial charge in [-0.25, -0.2) is 9.97 Å². The van der Waals surface area contributed by atoms with Crippen LogP contribution in [0.4, 0.5) is 19.1 Å². The molecule has 0 bridgehead atoms. The molecule has 2 aromatic rings. The van der Waals surface area contributed by atoms with Crippen LogP contribution in [0, 0.1) is 13.8 Å². The summed E-state index contributed by atoms with van der Waals surface area (Å²) in [4.78, 5) is 23.5. The summed E-state index contributed by atoms with van der Waals surface area (Å²) < 4.78 is 42.7. The summed E-state index contributed by atoms with van der Waals surface area (Å²) in [5.74, 6) is -0.405. The van der Waals surface area contributed by atoms with Crippen LogP contribution in [0.5, 0.6) is 5.88 Å². The second-order valence-electron chi connectivity index (χ2n) is 4.66. The Morgan fingerprint density at radius 1 is 1.17 bits per heavy atom. The van der Waals surface area contributed by atoms with E-state index in [1.165, 1.54) is 14.0 Å². The second-order valence-corrected chi connectivity index (χ2v) is 4.66. The number of aromatic nitrogens is 3. The summed E-state index contributed by atoms with van der Waals surface area (Å²) in [5, 5.41) is 2.41. The van der Waals surface area contributed by atoms with Gasteiger partial charge in [-0.15, -0.1) is 0 Å². The van der Waals surface area contributed by atoms with E-state index in [-0.39, 0.29) is 23.1 Å². The van der Waals surface area contributed by atoms with Crippen LogP contribution < -0.4 is 10.1 Å². The van der Waals surface area contributed by atoms with Crippen LogP contribution in [0.1, 0.15) is 27.4 Å². The zero-order chi connectivity index (χ0) is 17.2. The molecule has 0 aliphatic rings. The van der Waals surface area contributed by atoms with Gasteiger partial charge in [-0.1, -0.05) is 0 Å². The molecule has 0 unspecified atom stereocenters. The summed E-state index contributed by atoms with van der Waals surface area (Å²) in [6.07, 6.45) is -4.56. The Balaban J connectivity index is 2.26. The first-order valence-electron chi connectivity index (χ1n) is 6.46. The van der Waals surface area contributed by atoms with Crippen LogP contribution in [0.25, 0.3) is 0 Å². The van der Waals surface area contributed by atoms with Crippen molar-refractivity contribution < 1.29 is 22.7 Å². The number of hydrogen-bond acceptors (Lipinski definition) is 5. The van der Waals surface area contributed by atoms with Crippen LogP contribution in [-0.4, -0.2) is 28.0 Å². The molecule has 0 atom stereocenters. The summed E-state index contributed by atoms with van der Waals surface area (Å²) in [6, 6.07) is 3.38. The third kappa shape index (κ3) is 3.93. The Bertz CT molecular complexity index is 747. The van der Waals surface area contributed by atoms with E-state index in [4.69, 9.17) is 4.74 Å². The standard InChI is InChI=1S/C14H13F3N4O2/c1-7-6-11(23-3)20-13(18-7)21-12(22)9-4-5-10(14(15,16)17)19-8(9)2/h4-6H,1-3H3,(H,18,20,21,22). The number of ether oxygens (including phenoxy) is 1. The maximum Gasteiger partial charge on any atom is 0.433 e. The van der Waals surface area contributed by atoms with Crippen molar-refractivity contribution in [2.45, 2.75) is 20.0 Å². The van der Waals surface area contributed by atoms with Crippen molar-refractivity contribution in [1.82, 2.24) is 15.0 Å². The molecule has 0 fully saturated rings. The first kappa shape index (κ1) is 16.7. The number of aryl methyl sites for hydroxylation is 2. The van der Waals surface area contributed by atoms with Crippen molar-refractivity contribution >= 4 is 11.9 Å². The van der Waals surface area contributed by atoms with Gasteiger partial charge < -0.3 is 4.74 Å². The molecule has 23 heavy (non-hydrogen) atoms. The number of nitrogens with one attached hydrogen (secondary N) is 1. The highest BCUT2D eigenvalue weighted by molar-refractivity contribution is 6.04. The van der Waals surface area contributed by atoms with Gasteiger partial charge in [-0.3, -0.25) is 10.1 Å². The van der Waals surface area contributed by atoms with Crippen molar-refractivity contribution in [3.63, 3.8) is 0 Å². The molecule has 6 nitrogen and oxygen atoms in total. The maximum absolute atomic E-state index is 12.6. The Morgan fingerprint density at radius 3 is 2.43 bits per heavy atom. The SMILES string of the molecule is COc1cc(C)nc(NC(=O)c2ccc(C(F)(F)F)nc2C)n1. The van der Waals surface area contributed by atoms with E-state index in [1.54, 1.807) is 13.0 Å². The first-order chi connectivity index (χ1) is 10.7. The number of halogens is 3. The lowest BCUT2D eigenvalue weighted by molar-refractivity contribution is -0.141. The highest BCUT2D eigenvalue weighted by Crippen LogP contribution is 2.28. The van der Waals surface area contributed by atoms with Crippen LogP contribution in [0.2, 0.25) is 0 Å². The van der Waals surface area contributed by atoms with Crippen molar-refractivity contribution in [2.24, 2.45) is 0 Å². The van der Waals surface area contributed by atoms with E-state index in [0.29, 0.717) is 5.69 Å². The molecule has 2 rings (SSSR count). The summed E-state index contributed by atoms with van der Waals surface area (Å²) in [5.41, 5.74) is -0.534. The summed E-state index contributed by atoms with van der Waals surface area (Å²) >= 11 is 0. The molecular weight excluding hydrogens is 313 g/mol. The van der Waals surface area contributed by atoms with Gasteiger partial charge in [0.2, 0.25) is 11.8 Å². The van der Waals surface area contributed by atoms with Gasteiger partial charge in [-0.2, -0.15) is 18.2 Å². The number of hydrogen-bond donors (Lipinski definition) is 1. The van der Waals surface area contributed by atoms with E-state index in [9.17, 15) is 18.0 Å². The first-order valence-corrected chi connectivity index (χ1v) is 6.46. The second kappa shape index (κ2) is 6.19. The fourth-order valence-electron chi connectivity index (χ4n) is 1.83. The Kier molecular flexibility index (Phi) is 4.48. The lowest BCUT2D eigenvalue weighted by atomic mass is 10.1. The number of nitrogens with zero attached hydrogens (tertiary/aromatic N) is 3. The molecule has 9 heteroatoms. The summed E-state index contributed by atoms with van der Waals surface area (Å²) in [7, 11) is 1.41. The van der Waals surface area contributed by atoms with Gasteiger partial charge >= 0.3 is 6.18 Å². The molecule has 2 aromatic heterocycles. The molecule has 0 aliphatic heterocycles. The number of amides is 1. The highest BCUT2D eigenvalue weighted by Gasteiger charge is 2.33. The van der Waals surface area contributed by atoms with Crippen LogP contribution in [-0.2, 0) is 6.18 Å². The van der Waals surface area contributed by atoms with Crippen molar-refractivity contribution in [1.29, 1.82) is 0 Å². The van der Waals surface area contributed by atoms with Crippen molar-refractivity contribution in [3.05, 3.63) is 40.8 Å². The highest BCUT2D eigenvalue weighted by atomic mass is 19.4. The quantitative estimate of drug-likeness (QED) is 0.938. The van der Waals surface area contributed by atoms with E-state index in [0.717, 1.165) is 12.1 Å². The third-order valence-corrected chi connectivity index (χ3v) is 2.89. The molecule has 1 N–H and O–H groups in total. The topological polar surface area (TPSA) is 77.0 Å². The minimum atomic E-state index is -4.56. The van der Waals surface area contributed by atoms with Gasteiger partial charge in [0.05, 0.1) is 18.4 Å². The largest absolute Gasteiger partial charge is 0.481 e.